The highest BCUT2D eigenvalue weighted by Crippen LogP contribution is 2.22. The van der Waals surface area contributed by atoms with Crippen LogP contribution in [-0.4, -0.2) is 31.3 Å². The van der Waals surface area contributed by atoms with Crippen molar-refractivity contribution >= 4 is 23.3 Å². The molecule has 0 heterocycles. The second-order valence-electron chi connectivity index (χ2n) is 3.27. The first-order valence-corrected chi connectivity index (χ1v) is 5.28. The fourth-order valence-corrected chi connectivity index (χ4v) is 1.48. The van der Waals surface area contributed by atoms with Crippen LogP contribution in [0.3, 0.4) is 0 Å². The Morgan fingerprint density at radius 1 is 1.56 bits per heavy atom. The standard InChI is InChI=1S/C11H14ClNO3/c1-16-6-2-5-13-10-4-3-8(11(14)15)7-9(10)12/h3-4,7,13H,2,5-6H2,1H3,(H,14,15). The van der Waals surface area contributed by atoms with E-state index in [0.717, 1.165) is 18.7 Å². The van der Waals surface area contributed by atoms with Gasteiger partial charge in [-0.05, 0) is 24.6 Å². The van der Waals surface area contributed by atoms with Crippen molar-refractivity contribution in [2.24, 2.45) is 0 Å². The Morgan fingerprint density at radius 2 is 2.31 bits per heavy atom. The lowest BCUT2D eigenvalue weighted by atomic mass is 10.2. The molecule has 0 atom stereocenters. The highest BCUT2D eigenvalue weighted by Gasteiger charge is 2.06. The quantitative estimate of drug-likeness (QED) is 0.754. The Kier molecular flexibility index (Phi) is 5.08. The van der Waals surface area contributed by atoms with Crippen molar-refractivity contribution in [3.8, 4) is 0 Å². The van der Waals surface area contributed by atoms with Gasteiger partial charge in [0.05, 0.1) is 16.3 Å². The summed E-state index contributed by atoms with van der Waals surface area (Å²) in [7, 11) is 1.65. The van der Waals surface area contributed by atoms with E-state index in [1.165, 1.54) is 12.1 Å². The van der Waals surface area contributed by atoms with E-state index in [-0.39, 0.29) is 5.56 Å². The van der Waals surface area contributed by atoms with Crippen molar-refractivity contribution in [1.29, 1.82) is 0 Å². The molecule has 0 aliphatic rings. The molecule has 2 N–H and O–H groups in total. The summed E-state index contributed by atoms with van der Waals surface area (Å²) in [6, 6.07) is 4.62. The van der Waals surface area contributed by atoms with Crippen LogP contribution in [0.2, 0.25) is 5.02 Å². The summed E-state index contributed by atoms with van der Waals surface area (Å²) in [5.41, 5.74) is 0.926. The minimum absolute atomic E-state index is 0.187. The van der Waals surface area contributed by atoms with Crippen LogP contribution in [0.25, 0.3) is 0 Å². The average molecular weight is 244 g/mol. The zero-order chi connectivity index (χ0) is 12.0. The van der Waals surface area contributed by atoms with Gasteiger partial charge in [0, 0.05) is 20.3 Å². The molecule has 0 radical (unpaired) electrons. The zero-order valence-corrected chi connectivity index (χ0v) is 9.75. The Balaban J connectivity index is 2.57. The van der Waals surface area contributed by atoms with E-state index in [1.54, 1.807) is 13.2 Å². The van der Waals surface area contributed by atoms with Crippen LogP contribution >= 0.6 is 11.6 Å². The molecule has 1 aromatic rings. The van der Waals surface area contributed by atoms with Crippen LogP contribution < -0.4 is 5.32 Å². The predicted molar refractivity (Wildman–Crippen MR) is 63.4 cm³/mol. The van der Waals surface area contributed by atoms with Gasteiger partial charge in [0.1, 0.15) is 0 Å². The second-order valence-corrected chi connectivity index (χ2v) is 3.68. The van der Waals surface area contributed by atoms with Crippen molar-refractivity contribution in [3.63, 3.8) is 0 Å². The van der Waals surface area contributed by atoms with Crippen molar-refractivity contribution in [1.82, 2.24) is 0 Å². The lowest BCUT2D eigenvalue weighted by Crippen LogP contribution is -2.05. The van der Waals surface area contributed by atoms with Gasteiger partial charge >= 0.3 is 5.97 Å². The van der Waals surface area contributed by atoms with Gasteiger partial charge in [-0.1, -0.05) is 11.6 Å². The van der Waals surface area contributed by atoms with Crippen molar-refractivity contribution in [2.45, 2.75) is 6.42 Å². The zero-order valence-electron chi connectivity index (χ0n) is 9.00. The summed E-state index contributed by atoms with van der Waals surface area (Å²) >= 11 is 5.93. The minimum Gasteiger partial charge on any atom is -0.478 e. The summed E-state index contributed by atoms with van der Waals surface area (Å²) < 4.78 is 4.91. The number of rotatable bonds is 6. The Labute approximate surface area is 99.2 Å². The number of hydrogen-bond acceptors (Lipinski definition) is 3. The number of anilines is 1. The van der Waals surface area contributed by atoms with Crippen LogP contribution in [-0.2, 0) is 4.74 Å². The van der Waals surface area contributed by atoms with Crippen LogP contribution in [0.4, 0.5) is 5.69 Å². The van der Waals surface area contributed by atoms with Crippen LogP contribution in [0.15, 0.2) is 18.2 Å². The van der Waals surface area contributed by atoms with Crippen molar-refractivity contribution < 1.29 is 14.6 Å². The lowest BCUT2D eigenvalue weighted by Gasteiger charge is -2.08. The topological polar surface area (TPSA) is 58.6 Å². The molecule has 0 aliphatic heterocycles. The number of carboxylic acid groups (broad SMARTS) is 1. The number of halogens is 1. The smallest absolute Gasteiger partial charge is 0.335 e. The molecular weight excluding hydrogens is 230 g/mol. The molecule has 0 aliphatic carbocycles. The van der Waals surface area contributed by atoms with E-state index in [4.69, 9.17) is 21.4 Å². The molecule has 0 unspecified atom stereocenters. The van der Waals surface area contributed by atoms with Gasteiger partial charge in [-0.25, -0.2) is 4.79 Å². The molecule has 1 rings (SSSR count). The maximum Gasteiger partial charge on any atom is 0.335 e. The maximum atomic E-state index is 10.7. The molecular formula is C11H14ClNO3. The largest absolute Gasteiger partial charge is 0.478 e. The van der Waals surface area contributed by atoms with E-state index < -0.39 is 5.97 Å². The van der Waals surface area contributed by atoms with E-state index in [9.17, 15) is 4.79 Å². The monoisotopic (exact) mass is 243 g/mol. The van der Waals surface area contributed by atoms with E-state index in [0.29, 0.717) is 11.6 Å². The van der Waals surface area contributed by atoms with Crippen molar-refractivity contribution in [3.05, 3.63) is 28.8 Å². The number of methoxy groups -OCH3 is 1. The fourth-order valence-electron chi connectivity index (χ4n) is 1.23. The molecule has 1 aromatic carbocycles. The third kappa shape index (κ3) is 3.72. The molecule has 16 heavy (non-hydrogen) atoms. The SMILES string of the molecule is COCCCNc1ccc(C(=O)O)cc1Cl. The van der Waals surface area contributed by atoms with Crippen LogP contribution in [0.5, 0.6) is 0 Å². The first-order chi connectivity index (χ1) is 7.65. The molecule has 88 valence electrons. The number of carboxylic acids is 1. The third-order valence-electron chi connectivity index (χ3n) is 2.06. The van der Waals surface area contributed by atoms with Gasteiger partial charge in [-0.3, -0.25) is 0 Å². The summed E-state index contributed by atoms with van der Waals surface area (Å²) in [5.74, 6) is -0.979. The van der Waals surface area contributed by atoms with Gasteiger partial charge < -0.3 is 15.2 Å². The Morgan fingerprint density at radius 3 is 2.88 bits per heavy atom. The van der Waals surface area contributed by atoms with Gasteiger partial charge in [0.15, 0.2) is 0 Å². The molecule has 0 aromatic heterocycles. The van der Waals surface area contributed by atoms with E-state index in [1.807, 2.05) is 0 Å². The molecule has 0 saturated heterocycles. The van der Waals surface area contributed by atoms with Gasteiger partial charge in [-0.15, -0.1) is 0 Å². The maximum absolute atomic E-state index is 10.7. The Hall–Kier alpha value is -1.26. The fraction of sp³-hybridized carbons (Fsp3) is 0.364. The van der Waals surface area contributed by atoms with E-state index >= 15 is 0 Å². The predicted octanol–water partition coefficient (Wildman–Crippen LogP) is 2.49. The highest BCUT2D eigenvalue weighted by molar-refractivity contribution is 6.33. The second kappa shape index (κ2) is 6.35. The summed E-state index contributed by atoms with van der Waals surface area (Å²) in [4.78, 5) is 10.7. The van der Waals surface area contributed by atoms with Gasteiger partial charge in [0.2, 0.25) is 0 Å². The number of carbonyl (C=O) groups is 1. The van der Waals surface area contributed by atoms with Crippen LogP contribution in [0, 0.1) is 0 Å². The molecule has 0 fully saturated rings. The number of aromatic carboxylic acids is 1. The summed E-state index contributed by atoms with van der Waals surface area (Å²) in [6.45, 7) is 1.41. The molecule has 4 nitrogen and oxygen atoms in total. The first-order valence-electron chi connectivity index (χ1n) is 4.91. The van der Waals surface area contributed by atoms with Gasteiger partial charge in [0.25, 0.3) is 0 Å². The third-order valence-corrected chi connectivity index (χ3v) is 2.37. The Bertz CT molecular complexity index is 368. The summed E-state index contributed by atoms with van der Waals surface area (Å²) in [6.07, 6.45) is 0.869. The number of ether oxygens (including phenoxy) is 1. The number of hydrogen-bond donors (Lipinski definition) is 2. The lowest BCUT2D eigenvalue weighted by molar-refractivity contribution is 0.0697. The number of benzene rings is 1. The average Bonchev–Trinajstić information content (AvgIpc) is 2.26. The highest BCUT2D eigenvalue weighted by atomic mass is 35.5. The number of nitrogens with one attached hydrogen (secondary N) is 1. The molecule has 0 amide bonds. The van der Waals surface area contributed by atoms with Crippen LogP contribution in [0.1, 0.15) is 16.8 Å². The van der Waals surface area contributed by atoms with Gasteiger partial charge in [-0.2, -0.15) is 0 Å². The molecule has 0 bridgehead atoms. The summed E-state index contributed by atoms with van der Waals surface area (Å²) in [5, 5.41) is 12.3. The molecule has 0 saturated carbocycles. The minimum atomic E-state index is -0.979. The first kappa shape index (κ1) is 12.8. The van der Waals surface area contributed by atoms with E-state index in [2.05, 4.69) is 5.32 Å². The molecule has 0 spiro atoms. The van der Waals surface area contributed by atoms with Crippen molar-refractivity contribution in [2.75, 3.05) is 25.6 Å². The molecule has 5 heteroatoms. The normalized spacial score (nSPS) is 10.1.